The molecule has 1 aromatic rings. The Balaban J connectivity index is 1.36. The van der Waals surface area contributed by atoms with Crippen LogP contribution in [0.25, 0.3) is 0 Å². The first-order valence-electron chi connectivity index (χ1n) is 7.07. The van der Waals surface area contributed by atoms with Gasteiger partial charge in [0.15, 0.2) is 12.6 Å². The summed E-state index contributed by atoms with van der Waals surface area (Å²) in [5.41, 5.74) is 1.05. The Labute approximate surface area is 128 Å². The van der Waals surface area contributed by atoms with Crippen LogP contribution in [0.3, 0.4) is 0 Å². The minimum absolute atomic E-state index is 0.144. The number of benzene rings is 1. The Morgan fingerprint density at radius 1 is 1.33 bits per heavy atom. The minimum Gasteiger partial charge on any atom is -0.468 e. The molecule has 0 bridgehead atoms. The monoisotopic (exact) mass is 309 g/mol. The van der Waals surface area contributed by atoms with Gasteiger partial charge in [0.25, 0.3) is 0 Å². The van der Waals surface area contributed by atoms with Gasteiger partial charge in [-0.25, -0.2) is 0 Å². The van der Waals surface area contributed by atoms with Crippen LogP contribution in [0.1, 0.15) is 24.7 Å². The molecule has 1 unspecified atom stereocenters. The van der Waals surface area contributed by atoms with Crippen LogP contribution in [-0.4, -0.2) is 36.5 Å². The van der Waals surface area contributed by atoms with Gasteiger partial charge in [0.2, 0.25) is 0 Å². The summed E-state index contributed by atoms with van der Waals surface area (Å²) >= 11 is 1.74. The summed E-state index contributed by atoms with van der Waals surface area (Å²) in [6.45, 7) is 0. The fourth-order valence-corrected chi connectivity index (χ4v) is 3.68. The maximum Gasteiger partial charge on any atom is 0.323 e. The van der Waals surface area contributed by atoms with E-state index in [9.17, 15) is 4.79 Å². The van der Waals surface area contributed by atoms with E-state index in [1.165, 1.54) is 7.11 Å². The number of esters is 1. The van der Waals surface area contributed by atoms with Gasteiger partial charge in [0.1, 0.15) is 6.04 Å². The van der Waals surface area contributed by atoms with Crippen molar-refractivity contribution in [3.63, 3.8) is 0 Å². The lowest BCUT2D eigenvalue weighted by Crippen LogP contribution is -2.39. The van der Waals surface area contributed by atoms with Crippen molar-refractivity contribution in [2.75, 3.05) is 12.9 Å². The molecule has 6 heteroatoms. The standard InChI is InChI=1S/C15H19NO4S/c1-18-14(17)11-9-21-12(16-11)7-8-13-19-15(20-13)10-5-3-2-4-6-10/h2-6,11-13,15-16H,7-9H2,1H3/t11-,12?,13?,15?/m0/s1. The normalized spacial score (nSPS) is 31.7. The summed E-state index contributed by atoms with van der Waals surface area (Å²) < 4.78 is 16.2. The van der Waals surface area contributed by atoms with Gasteiger partial charge in [0.05, 0.1) is 12.5 Å². The van der Waals surface area contributed by atoms with Crippen molar-refractivity contribution in [2.45, 2.75) is 36.8 Å². The quantitative estimate of drug-likeness (QED) is 0.840. The third-order valence-corrected chi connectivity index (χ3v) is 4.92. The van der Waals surface area contributed by atoms with E-state index in [0.717, 1.165) is 24.2 Å². The summed E-state index contributed by atoms with van der Waals surface area (Å²) in [7, 11) is 1.42. The maximum atomic E-state index is 11.4. The molecule has 2 aliphatic heterocycles. The number of carbonyl (C=O) groups excluding carboxylic acids is 1. The average Bonchev–Trinajstić information content (AvgIpc) is 2.95. The second-order valence-corrected chi connectivity index (χ2v) is 6.32. The van der Waals surface area contributed by atoms with Gasteiger partial charge in [-0.1, -0.05) is 30.3 Å². The molecule has 0 amide bonds. The fourth-order valence-electron chi connectivity index (χ4n) is 2.45. The number of ether oxygens (including phenoxy) is 3. The highest BCUT2D eigenvalue weighted by Crippen LogP contribution is 2.35. The number of carbonyl (C=O) groups is 1. The molecule has 1 N–H and O–H groups in total. The Hall–Kier alpha value is -1.08. The molecule has 0 aliphatic carbocycles. The molecule has 5 nitrogen and oxygen atoms in total. The summed E-state index contributed by atoms with van der Waals surface area (Å²) in [5, 5.41) is 3.53. The molecular weight excluding hydrogens is 290 g/mol. The highest BCUT2D eigenvalue weighted by atomic mass is 32.2. The molecule has 0 radical (unpaired) electrons. The predicted octanol–water partition coefficient (Wildman–Crippen LogP) is 2.04. The Morgan fingerprint density at radius 2 is 2.10 bits per heavy atom. The van der Waals surface area contributed by atoms with Crippen LogP contribution in [0.4, 0.5) is 0 Å². The summed E-state index contributed by atoms with van der Waals surface area (Å²) in [6.07, 6.45) is 1.35. The van der Waals surface area contributed by atoms with Crippen molar-refractivity contribution < 1.29 is 19.0 Å². The second-order valence-electron chi connectivity index (χ2n) is 5.09. The lowest BCUT2D eigenvalue weighted by atomic mass is 10.2. The zero-order chi connectivity index (χ0) is 14.7. The van der Waals surface area contributed by atoms with Crippen molar-refractivity contribution in [2.24, 2.45) is 0 Å². The average molecular weight is 309 g/mol. The molecule has 2 fully saturated rings. The number of methoxy groups -OCH3 is 1. The molecule has 3 rings (SSSR count). The van der Waals surface area contributed by atoms with Crippen molar-refractivity contribution in [3.8, 4) is 0 Å². The third kappa shape index (κ3) is 3.58. The van der Waals surface area contributed by atoms with E-state index in [0.29, 0.717) is 0 Å². The van der Waals surface area contributed by atoms with E-state index >= 15 is 0 Å². The smallest absolute Gasteiger partial charge is 0.323 e. The molecule has 0 spiro atoms. The molecule has 2 saturated heterocycles. The van der Waals surface area contributed by atoms with Crippen LogP contribution in [0.2, 0.25) is 0 Å². The van der Waals surface area contributed by atoms with Gasteiger partial charge in [-0.05, 0) is 6.42 Å². The van der Waals surface area contributed by atoms with E-state index in [1.54, 1.807) is 11.8 Å². The molecule has 2 heterocycles. The second kappa shape index (κ2) is 6.79. The van der Waals surface area contributed by atoms with Crippen molar-refractivity contribution in [1.29, 1.82) is 0 Å². The first-order chi connectivity index (χ1) is 10.3. The molecule has 2 aliphatic rings. The number of rotatable bonds is 5. The molecule has 2 atom stereocenters. The van der Waals surface area contributed by atoms with Crippen LogP contribution < -0.4 is 5.32 Å². The molecular formula is C15H19NO4S. The van der Waals surface area contributed by atoms with E-state index in [4.69, 9.17) is 14.2 Å². The SMILES string of the molecule is COC(=O)[C@@H]1CSC(CCC2OC(c3ccccc3)O2)N1. The molecule has 1 aromatic carbocycles. The van der Waals surface area contributed by atoms with Crippen LogP contribution in [-0.2, 0) is 19.0 Å². The summed E-state index contributed by atoms with van der Waals surface area (Å²) in [5.74, 6) is 0.571. The number of hydrogen-bond acceptors (Lipinski definition) is 6. The zero-order valence-electron chi connectivity index (χ0n) is 11.9. The Bertz CT molecular complexity index is 478. The minimum atomic E-state index is -0.233. The Morgan fingerprint density at radius 3 is 2.81 bits per heavy atom. The third-order valence-electron chi connectivity index (χ3n) is 3.62. The van der Waals surface area contributed by atoms with Gasteiger partial charge in [0, 0.05) is 17.7 Å². The van der Waals surface area contributed by atoms with Gasteiger partial charge < -0.3 is 14.2 Å². The summed E-state index contributed by atoms with van der Waals surface area (Å²) in [4.78, 5) is 11.4. The van der Waals surface area contributed by atoms with Gasteiger partial charge >= 0.3 is 5.97 Å². The first-order valence-corrected chi connectivity index (χ1v) is 8.12. The van der Waals surface area contributed by atoms with E-state index < -0.39 is 0 Å². The molecule has 0 aromatic heterocycles. The zero-order valence-corrected chi connectivity index (χ0v) is 12.7. The number of nitrogens with one attached hydrogen (secondary N) is 1. The summed E-state index contributed by atoms with van der Waals surface area (Å²) in [6, 6.07) is 9.72. The van der Waals surface area contributed by atoms with E-state index in [2.05, 4.69) is 5.32 Å². The predicted molar refractivity (Wildman–Crippen MR) is 79.6 cm³/mol. The van der Waals surface area contributed by atoms with Crippen LogP contribution in [0.15, 0.2) is 30.3 Å². The van der Waals surface area contributed by atoms with Gasteiger partial charge in [-0.15, -0.1) is 11.8 Å². The first kappa shape index (κ1) is 14.8. The Kier molecular flexibility index (Phi) is 4.80. The topological polar surface area (TPSA) is 56.8 Å². The van der Waals surface area contributed by atoms with Gasteiger partial charge in [-0.2, -0.15) is 0 Å². The molecule has 0 saturated carbocycles. The van der Waals surface area contributed by atoms with E-state index in [-0.39, 0.29) is 30.0 Å². The van der Waals surface area contributed by atoms with Gasteiger partial charge in [-0.3, -0.25) is 10.1 Å². The van der Waals surface area contributed by atoms with Crippen molar-refractivity contribution >= 4 is 17.7 Å². The highest BCUT2D eigenvalue weighted by molar-refractivity contribution is 8.00. The maximum absolute atomic E-state index is 11.4. The van der Waals surface area contributed by atoms with E-state index in [1.807, 2.05) is 30.3 Å². The van der Waals surface area contributed by atoms with Crippen molar-refractivity contribution in [3.05, 3.63) is 35.9 Å². The highest BCUT2D eigenvalue weighted by Gasteiger charge is 2.34. The number of hydrogen-bond donors (Lipinski definition) is 1. The largest absolute Gasteiger partial charge is 0.468 e. The van der Waals surface area contributed by atoms with Crippen LogP contribution in [0, 0.1) is 0 Å². The molecule has 114 valence electrons. The van der Waals surface area contributed by atoms with Crippen LogP contribution in [0.5, 0.6) is 0 Å². The lowest BCUT2D eigenvalue weighted by molar-refractivity contribution is -0.391. The van der Waals surface area contributed by atoms with Crippen LogP contribution >= 0.6 is 11.8 Å². The fraction of sp³-hybridized carbons (Fsp3) is 0.533. The number of thioether (sulfide) groups is 1. The molecule has 21 heavy (non-hydrogen) atoms. The lowest BCUT2D eigenvalue weighted by Gasteiger charge is -2.36. The van der Waals surface area contributed by atoms with Crippen molar-refractivity contribution in [1.82, 2.24) is 5.32 Å².